The Labute approximate surface area is 183 Å². The molecular weight excluding hydrogens is 418 g/mol. The van der Waals surface area contributed by atoms with Crippen LogP contribution in [0, 0.1) is 5.92 Å². The standard InChI is InChI=1S/C21H29N5O4S/c27-20-18-15-16-5-1-2-6-17(16)26(18)21(28)25(20)13-14-31(29,30)24-11-9-23(10-12-24)19-7-3-4-8-22-19/h3-4,7-8,16-18H,1-2,5-6,9-15H2/t16-,17+,18+/m1/s1. The zero-order valence-electron chi connectivity index (χ0n) is 17.6. The summed E-state index contributed by atoms with van der Waals surface area (Å²) in [5.74, 6) is 0.833. The molecule has 3 aliphatic heterocycles. The fourth-order valence-corrected chi connectivity index (χ4v) is 7.04. The van der Waals surface area contributed by atoms with Crippen LogP contribution < -0.4 is 4.90 Å². The third-order valence-electron chi connectivity index (χ3n) is 7.27. The van der Waals surface area contributed by atoms with E-state index in [1.807, 2.05) is 18.2 Å². The summed E-state index contributed by atoms with van der Waals surface area (Å²) in [6.45, 7) is 1.82. The second-order valence-electron chi connectivity index (χ2n) is 8.93. The number of pyridine rings is 1. The Balaban J connectivity index is 1.18. The molecule has 0 radical (unpaired) electrons. The monoisotopic (exact) mass is 447 g/mol. The van der Waals surface area contributed by atoms with Gasteiger partial charge >= 0.3 is 6.03 Å². The van der Waals surface area contributed by atoms with Crippen molar-refractivity contribution in [3.8, 4) is 0 Å². The molecule has 0 aromatic carbocycles. The van der Waals surface area contributed by atoms with E-state index in [-0.39, 0.29) is 36.3 Å². The first-order valence-corrected chi connectivity index (χ1v) is 12.8. The van der Waals surface area contributed by atoms with Crippen molar-refractivity contribution in [2.75, 3.05) is 43.4 Å². The number of hydrogen-bond acceptors (Lipinski definition) is 6. The van der Waals surface area contributed by atoms with E-state index in [2.05, 4.69) is 9.88 Å². The number of amides is 3. The second kappa shape index (κ2) is 8.05. The van der Waals surface area contributed by atoms with E-state index < -0.39 is 10.0 Å². The van der Waals surface area contributed by atoms with Crippen LogP contribution in [-0.4, -0.2) is 90.0 Å². The first kappa shape index (κ1) is 20.7. The van der Waals surface area contributed by atoms with Crippen molar-refractivity contribution in [1.82, 2.24) is 19.1 Å². The molecular formula is C21H29N5O4S. The zero-order chi connectivity index (χ0) is 21.6. The van der Waals surface area contributed by atoms with Gasteiger partial charge in [0.1, 0.15) is 11.9 Å². The van der Waals surface area contributed by atoms with Crippen LogP contribution in [0.25, 0.3) is 0 Å². The quantitative estimate of drug-likeness (QED) is 0.628. The number of imide groups is 1. The number of carbonyl (C=O) groups excluding carboxylic acids is 2. The molecule has 31 heavy (non-hydrogen) atoms. The first-order valence-electron chi connectivity index (χ1n) is 11.2. The van der Waals surface area contributed by atoms with Crippen LogP contribution in [0.3, 0.4) is 0 Å². The van der Waals surface area contributed by atoms with E-state index in [1.54, 1.807) is 11.1 Å². The summed E-state index contributed by atoms with van der Waals surface area (Å²) in [4.78, 5) is 35.1. The van der Waals surface area contributed by atoms with Gasteiger partial charge in [0.2, 0.25) is 10.0 Å². The fraction of sp³-hybridized carbons (Fsp3) is 0.667. The summed E-state index contributed by atoms with van der Waals surface area (Å²) in [6.07, 6.45) is 6.74. The molecule has 1 saturated carbocycles. The van der Waals surface area contributed by atoms with Gasteiger partial charge in [-0.3, -0.25) is 9.69 Å². The van der Waals surface area contributed by atoms with Crippen LogP contribution >= 0.6 is 0 Å². The lowest BCUT2D eigenvalue weighted by Crippen LogP contribution is -2.50. The molecule has 10 heteroatoms. The zero-order valence-corrected chi connectivity index (χ0v) is 18.4. The van der Waals surface area contributed by atoms with Gasteiger partial charge in [-0.25, -0.2) is 18.2 Å². The molecule has 9 nitrogen and oxygen atoms in total. The molecule has 3 saturated heterocycles. The van der Waals surface area contributed by atoms with E-state index in [1.165, 1.54) is 15.6 Å². The summed E-state index contributed by atoms with van der Waals surface area (Å²) in [7, 11) is -3.55. The normalized spacial score (nSPS) is 29.4. The summed E-state index contributed by atoms with van der Waals surface area (Å²) in [5, 5.41) is 0. The maximum atomic E-state index is 13.0. The molecule has 5 rings (SSSR count). The van der Waals surface area contributed by atoms with Gasteiger partial charge in [-0.15, -0.1) is 0 Å². The number of fused-ring (bicyclic) bond motifs is 3. The van der Waals surface area contributed by atoms with E-state index in [9.17, 15) is 18.0 Å². The topological polar surface area (TPSA) is 94.1 Å². The number of urea groups is 1. The van der Waals surface area contributed by atoms with Gasteiger partial charge in [0.25, 0.3) is 5.91 Å². The predicted octanol–water partition coefficient (Wildman–Crippen LogP) is 1.13. The van der Waals surface area contributed by atoms with Crippen molar-refractivity contribution in [1.29, 1.82) is 0 Å². The molecule has 0 bridgehead atoms. The van der Waals surface area contributed by atoms with Crippen molar-refractivity contribution >= 4 is 27.8 Å². The molecule has 0 unspecified atom stereocenters. The Morgan fingerprint density at radius 1 is 1.03 bits per heavy atom. The van der Waals surface area contributed by atoms with E-state index in [0.29, 0.717) is 32.1 Å². The van der Waals surface area contributed by atoms with Gasteiger partial charge in [-0.1, -0.05) is 18.9 Å². The third-order valence-corrected chi connectivity index (χ3v) is 9.12. The Bertz CT molecular complexity index is 948. The summed E-state index contributed by atoms with van der Waals surface area (Å²) in [5.41, 5.74) is 0. The van der Waals surface area contributed by atoms with Crippen LogP contribution in [0.2, 0.25) is 0 Å². The highest BCUT2D eigenvalue weighted by atomic mass is 32.2. The lowest BCUT2D eigenvalue weighted by Gasteiger charge is -2.35. The molecule has 1 aromatic heterocycles. The summed E-state index contributed by atoms with van der Waals surface area (Å²) >= 11 is 0. The van der Waals surface area contributed by atoms with Crippen molar-refractivity contribution < 1.29 is 18.0 Å². The third kappa shape index (κ3) is 3.69. The lowest BCUT2D eigenvalue weighted by molar-refractivity contribution is -0.127. The summed E-state index contributed by atoms with van der Waals surface area (Å²) < 4.78 is 27.3. The van der Waals surface area contributed by atoms with Crippen molar-refractivity contribution in [3.63, 3.8) is 0 Å². The van der Waals surface area contributed by atoms with Crippen molar-refractivity contribution in [2.24, 2.45) is 5.92 Å². The number of sulfonamides is 1. The number of carbonyl (C=O) groups is 2. The number of hydrogen-bond donors (Lipinski definition) is 0. The van der Waals surface area contributed by atoms with Crippen molar-refractivity contribution in [3.05, 3.63) is 24.4 Å². The van der Waals surface area contributed by atoms with Crippen LogP contribution in [0.1, 0.15) is 32.1 Å². The van der Waals surface area contributed by atoms with Gasteiger partial charge in [0.15, 0.2) is 0 Å². The van der Waals surface area contributed by atoms with Crippen LogP contribution in [0.15, 0.2) is 24.4 Å². The summed E-state index contributed by atoms with van der Waals surface area (Å²) in [6, 6.07) is 5.15. The van der Waals surface area contributed by atoms with E-state index in [4.69, 9.17) is 0 Å². The molecule has 0 N–H and O–H groups in total. The number of piperazine rings is 1. The Morgan fingerprint density at radius 2 is 1.81 bits per heavy atom. The second-order valence-corrected chi connectivity index (χ2v) is 11.0. The SMILES string of the molecule is O=C1[C@@H]2C[C@H]3CCCC[C@@H]3N2C(=O)N1CCS(=O)(=O)N1CCN(c2ccccn2)CC1. The Hall–Kier alpha value is -2.20. The highest BCUT2D eigenvalue weighted by molar-refractivity contribution is 7.89. The van der Waals surface area contributed by atoms with Crippen LogP contribution in [0.5, 0.6) is 0 Å². The molecule has 1 aliphatic carbocycles. The molecule has 4 aliphatic rings. The minimum Gasteiger partial charge on any atom is -0.354 e. The maximum absolute atomic E-state index is 13.0. The predicted molar refractivity (Wildman–Crippen MR) is 115 cm³/mol. The Kier molecular flexibility index (Phi) is 5.37. The van der Waals surface area contributed by atoms with Gasteiger partial charge in [0, 0.05) is 45.0 Å². The molecule has 3 amide bonds. The van der Waals surface area contributed by atoms with Gasteiger partial charge in [-0.2, -0.15) is 4.31 Å². The van der Waals surface area contributed by atoms with Crippen molar-refractivity contribution in [2.45, 2.75) is 44.2 Å². The Morgan fingerprint density at radius 3 is 2.55 bits per heavy atom. The minimum absolute atomic E-state index is 0.0646. The lowest BCUT2D eigenvalue weighted by atomic mass is 9.84. The number of rotatable bonds is 5. The largest absolute Gasteiger partial charge is 0.354 e. The minimum atomic E-state index is -3.55. The molecule has 4 heterocycles. The fourth-order valence-electron chi connectivity index (χ4n) is 5.65. The van der Waals surface area contributed by atoms with E-state index in [0.717, 1.165) is 31.5 Å². The molecule has 3 atom stereocenters. The van der Waals surface area contributed by atoms with Gasteiger partial charge in [-0.05, 0) is 37.3 Å². The average Bonchev–Trinajstić information content (AvgIpc) is 3.29. The molecule has 0 spiro atoms. The van der Waals surface area contributed by atoms with E-state index >= 15 is 0 Å². The van der Waals surface area contributed by atoms with Crippen LogP contribution in [0.4, 0.5) is 10.6 Å². The smallest absolute Gasteiger partial charge is 0.327 e. The average molecular weight is 448 g/mol. The van der Waals surface area contributed by atoms with Crippen LogP contribution in [-0.2, 0) is 14.8 Å². The highest BCUT2D eigenvalue weighted by Gasteiger charge is 2.55. The number of aromatic nitrogens is 1. The first-order chi connectivity index (χ1) is 15.0. The number of anilines is 1. The molecule has 168 valence electrons. The number of nitrogens with zero attached hydrogens (tertiary/aromatic N) is 5. The van der Waals surface area contributed by atoms with Gasteiger partial charge < -0.3 is 9.80 Å². The highest BCUT2D eigenvalue weighted by Crippen LogP contribution is 2.43. The maximum Gasteiger partial charge on any atom is 0.327 e. The van der Waals surface area contributed by atoms with Gasteiger partial charge in [0.05, 0.1) is 5.75 Å². The molecule has 4 fully saturated rings. The molecule has 1 aromatic rings.